The van der Waals surface area contributed by atoms with Gasteiger partial charge in [0.15, 0.2) is 0 Å². The van der Waals surface area contributed by atoms with Crippen LogP contribution in [0, 0.1) is 10.1 Å². The second kappa shape index (κ2) is 8.62. The zero-order valence-corrected chi connectivity index (χ0v) is 17.8. The molecule has 0 aliphatic heterocycles. The van der Waals surface area contributed by atoms with Crippen LogP contribution >= 0.6 is 11.8 Å². The summed E-state index contributed by atoms with van der Waals surface area (Å²) in [6, 6.07) is 11.8. The van der Waals surface area contributed by atoms with Crippen molar-refractivity contribution < 1.29 is 14.5 Å². The summed E-state index contributed by atoms with van der Waals surface area (Å²) in [4.78, 5) is 23.8. The first kappa shape index (κ1) is 21.4. The Morgan fingerprint density at radius 3 is 2.47 bits per heavy atom. The smallest absolute Gasteiger partial charge is 0.339 e. The van der Waals surface area contributed by atoms with Crippen molar-refractivity contribution in [1.29, 1.82) is 0 Å². The van der Waals surface area contributed by atoms with Crippen LogP contribution in [0.2, 0.25) is 0 Å². The number of rotatable bonds is 6. The van der Waals surface area contributed by atoms with Gasteiger partial charge in [-0.3, -0.25) is 10.1 Å². The summed E-state index contributed by atoms with van der Waals surface area (Å²) in [6.45, 7) is 6.42. The molecule has 0 fully saturated rings. The molecule has 0 amide bonds. The minimum atomic E-state index is -0.656. The van der Waals surface area contributed by atoms with E-state index < -0.39 is 10.9 Å². The number of hydrogen-bond acceptors (Lipinski definition) is 8. The van der Waals surface area contributed by atoms with E-state index in [-0.39, 0.29) is 23.3 Å². The second-order valence-electron chi connectivity index (χ2n) is 7.65. The first-order valence-electron chi connectivity index (χ1n) is 9.10. The largest absolute Gasteiger partial charge is 0.457 e. The number of nitro benzene ring substituents is 1. The number of hydrogen-bond donors (Lipinski definition) is 0. The van der Waals surface area contributed by atoms with E-state index in [0.29, 0.717) is 10.1 Å². The summed E-state index contributed by atoms with van der Waals surface area (Å²) in [7, 11) is 1.66. The van der Waals surface area contributed by atoms with Crippen LogP contribution < -0.4 is 0 Å². The van der Waals surface area contributed by atoms with Crippen LogP contribution in [0.3, 0.4) is 0 Å². The highest BCUT2D eigenvalue weighted by molar-refractivity contribution is 7.99. The zero-order chi connectivity index (χ0) is 21.9. The molecule has 1 heterocycles. The second-order valence-corrected chi connectivity index (χ2v) is 8.66. The van der Waals surface area contributed by atoms with Crippen molar-refractivity contribution in [3.05, 3.63) is 69.3 Å². The predicted molar refractivity (Wildman–Crippen MR) is 110 cm³/mol. The zero-order valence-electron chi connectivity index (χ0n) is 17.0. The van der Waals surface area contributed by atoms with Gasteiger partial charge in [0.1, 0.15) is 6.61 Å². The summed E-state index contributed by atoms with van der Waals surface area (Å²) >= 11 is 1.13. The molecule has 10 heteroatoms. The SMILES string of the molecule is Cn1nnnc1Sc1ccc([N+](=O)[O-])cc1C(=O)OCc1ccc(C(C)(C)C)cc1. The lowest BCUT2D eigenvalue weighted by Crippen LogP contribution is -2.11. The van der Waals surface area contributed by atoms with E-state index in [9.17, 15) is 14.9 Å². The Balaban J connectivity index is 1.80. The molecule has 30 heavy (non-hydrogen) atoms. The molecule has 3 rings (SSSR count). The molecule has 1 aromatic heterocycles. The average molecular weight is 427 g/mol. The van der Waals surface area contributed by atoms with Crippen molar-refractivity contribution in [1.82, 2.24) is 20.2 Å². The molecule has 0 saturated carbocycles. The summed E-state index contributed by atoms with van der Waals surface area (Å²) in [5, 5.41) is 22.8. The van der Waals surface area contributed by atoms with Gasteiger partial charge in [0.2, 0.25) is 5.16 Å². The number of carbonyl (C=O) groups excluding carboxylic acids is 1. The maximum absolute atomic E-state index is 12.7. The number of tetrazole rings is 1. The van der Waals surface area contributed by atoms with Gasteiger partial charge < -0.3 is 4.74 Å². The maximum Gasteiger partial charge on any atom is 0.339 e. The lowest BCUT2D eigenvalue weighted by Gasteiger charge is -2.19. The number of nitrogens with zero attached hydrogens (tertiary/aromatic N) is 5. The molecular weight excluding hydrogens is 406 g/mol. The van der Waals surface area contributed by atoms with Crippen molar-refractivity contribution >= 4 is 23.4 Å². The van der Waals surface area contributed by atoms with Crippen LogP contribution in [0.15, 0.2) is 52.5 Å². The molecular formula is C20H21N5O4S. The fraction of sp³-hybridized carbons (Fsp3) is 0.300. The first-order chi connectivity index (χ1) is 14.1. The number of aromatic nitrogens is 4. The van der Waals surface area contributed by atoms with Crippen LogP contribution in [0.4, 0.5) is 5.69 Å². The predicted octanol–water partition coefficient (Wildman–Crippen LogP) is 3.92. The van der Waals surface area contributed by atoms with Gasteiger partial charge in [-0.15, -0.1) is 5.10 Å². The normalized spacial score (nSPS) is 11.3. The van der Waals surface area contributed by atoms with Gasteiger partial charge in [0.05, 0.1) is 10.5 Å². The molecule has 0 radical (unpaired) electrons. The number of non-ortho nitro benzene ring substituents is 1. The third-order valence-electron chi connectivity index (χ3n) is 4.37. The van der Waals surface area contributed by atoms with Crippen LogP contribution in [0.5, 0.6) is 0 Å². The lowest BCUT2D eigenvalue weighted by atomic mass is 9.87. The molecule has 0 N–H and O–H groups in total. The van der Waals surface area contributed by atoms with Gasteiger partial charge in [-0.05, 0) is 44.8 Å². The first-order valence-corrected chi connectivity index (χ1v) is 9.92. The highest BCUT2D eigenvalue weighted by Gasteiger charge is 2.21. The van der Waals surface area contributed by atoms with Crippen molar-refractivity contribution in [2.45, 2.75) is 42.8 Å². The van der Waals surface area contributed by atoms with Gasteiger partial charge in [-0.2, -0.15) is 0 Å². The van der Waals surface area contributed by atoms with Gasteiger partial charge in [0, 0.05) is 24.1 Å². The van der Waals surface area contributed by atoms with E-state index in [1.807, 2.05) is 24.3 Å². The summed E-state index contributed by atoms with van der Waals surface area (Å²) in [5.41, 5.74) is 1.92. The van der Waals surface area contributed by atoms with E-state index in [1.165, 1.54) is 28.4 Å². The van der Waals surface area contributed by atoms with Crippen LogP contribution in [-0.2, 0) is 23.8 Å². The number of carbonyl (C=O) groups is 1. The molecule has 0 atom stereocenters. The molecule has 3 aromatic rings. The maximum atomic E-state index is 12.7. The van der Waals surface area contributed by atoms with Crippen molar-refractivity contribution in [2.24, 2.45) is 7.05 Å². The highest BCUT2D eigenvalue weighted by Crippen LogP contribution is 2.31. The molecule has 0 aliphatic rings. The summed E-state index contributed by atoms with van der Waals surface area (Å²) < 4.78 is 6.87. The van der Waals surface area contributed by atoms with Gasteiger partial charge in [0.25, 0.3) is 5.69 Å². The van der Waals surface area contributed by atoms with Crippen molar-refractivity contribution in [2.75, 3.05) is 0 Å². The third kappa shape index (κ3) is 5.01. The van der Waals surface area contributed by atoms with E-state index in [2.05, 4.69) is 36.3 Å². The lowest BCUT2D eigenvalue weighted by molar-refractivity contribution is -0.384. The van der Waals surface area contributed by atoms with Crippen molar-refractivity contribution in [3.63, 3.8) is 0 Å². The Labute approximate surface area is 177 Å². The molecule has 0 saturated heterocycles. The minimum absolute atomic E-state index is 0.0268. The number of esters is 1. The Morgan fingerprint density at radius 1 is 1.20 bits per heavy atom. The Kier molecular flexibility index (Phi) is 6.16. The summed E-state index contributed by atoms with van der Waals surface area (Å²) in [5.74, 6) is -0.656. The van der Waals surface area contributed by atoms with Gasteiger partial charge >= 0.3 is 5.97 Å². The van der Waals surface area contributed by atoms with Crippen LogP contribution in [0.25, 0.3) is 0 Å². The molecule has 2 aromatic carbocycles. The average Bonchev–Trinajstić information content (AvgIpc) is 3.10. The minimum Gasteiger partial charge on any atom is -0.457 e. The molecule has 0 bridgehead atoms. The standard InChI is InChI=1S/C20H21N5O4S/c1-20(2,3)14-7-5-13(6-8-14)12-29-18(26)16-11-15(25(27)28)9-10-17(16)30-19-21-22-23-24(19)4/h5-11H,12H2,1-4H3. The summed E-state index contributed by atoms with van der Waals surface area (Å²) in [6.07, 6.45) is 0. The fourth-order valence-electron chi connectivity index (χ4n) is 2.61. The van der Waals surface area contributed by atoms with E-state index >= 15 is 0 Å². The van der Waals surface area contributed by atoms with E-state index in [0.717, 1.165) is 17.3 Å². The number of aryl methyl sites for hydroxylation is 1. The molecule has 156 valence electrons. The Morgan fingerprint density at radius 2 is 1.90 bits per heavy atom. The fourth-order valence-corrected chi connectivity index (χ4v) is 3.44. The Bertz CT molecular complexity index is 1070. The molecule has 9 nitrogen and oxygen atoms in total. The number of nitro groups is 1. The van der Waals surface area contributed by atoms with E-state index in [4.69, 9.17) is 4.74 Å². The van der Waals surface area contributed by atoms with Crippen LogP contribution in [0.1, 0.15) is 42.3 Å². The third-order valence-corrected chi connectivity index (χ3v) is 5.47. The van der Waals surface area contributed by atoms with Crippen molar-refractivity contribution in [3.8, 4) is 0 Å². The molecule has 0 aliphatic carbocycles. The Hall–Kier alpha value is -3.27. The molecule has 0 unspecified atom stereocenters. The van der Waals surface area contributed by atoms with Crippen LogP contribution in [-0.4, -0.2) is 31.1 Å². The monoisotopic (exact) mass is 427 g/mol. The van der Waals surface area contributed by atoms with Gasteiger partial charge in [-0.25, -0.2) is 9.48 Å². The topological polar surface area (TPSA) is 113 Å². The molecule has 0 spiro atoms. The van der Waals surface area contributed by atoms with Gasteiger partial charge in [-0.1, -0.05) is 45.0 Å². The number of ether oxygens (including phenoxy) is 1. The highest BCUT2D eigenvalue weighted by atomic mass is 32.2. The number of benzene rings is 2. The quantitative estimate of drug-likeness (QED) is 0.330. The van der Waals surface area contributed by atoms with E-state index in [1.54, 1.807) is 7.05 Å².